The number of piperazine rings is 1. The van der Waals surface area contributed by atoms with Gasteiger partial charge in [-0.3, -0.25) is 4.79 Å². The molecule has 10 nitrogen and oxygen atoms in total. The standard InChI is InChI=1S/C23H22ClN7O3/c1-33-18-4-2-3-5-19(18)34-14-20(32)29-10-12-30(13-11-29)22-21-23(26-15-25-22)31(28-27-21)17-8-6-16(24)7-9-17/h2-9,15H,10-14H2,1H3. The minimum atomic E-state index is -0.0768. The summed E-state index contributed by atoms with van der Waals surface area (Å²) in [5.74, 6) is 1.76. The van der Waals surface area contributed by atoms with Gasteiger partial charge in [-0.05, 0) is 36.4 Å². The van der Waals surface area contributed by atoms with E-state index in [1.165, 1.54) is 6.33 Å². The van der Waals surface area contributed by atoms with Crippen LogP contribution in [-0.2, 0) is 4.79 Å². The van der Waals surface area contributed by atoms with Crippen LogP contribution in [0.4, 0.5) is 5.82 Å². The van der Waals surface area contributed by atoms with Crippen LogP contribution in [0.3, 0.4) is 0 Å². The molecule has 1 amide bonds. The average molecular weight is 480 g/mol. The molecule has 11 heteroatoms. The Morgan fingerprint density at radius 3 is 2.47 bits per heavy atom. The van der Waals surface area contributed by atoms with E-state index < -0.39 is 0 Å². The van der Waals surface area contributed by atoms with Crippen molar-refractivity contribution in [3.63, 3.8) is 0 Å². The zero-order chi connectivity index (χ0) is 23.5. The molecule has 0 saturated carbocycles. The van der Waals surface area contributed by atoms with Crippen LogP contribution in [0.15, 0.2) is 54.9 Å². The Balaban J connectivity index is 1.25. The van der Waals surface area contributed by atoms with Crippen molar-refractivity contribution in [1.82, 2.24) is 29.9 Å². The molecule has 0 N–H and O–H groups in total. The number of nitrogens with zero attached hydrogens (tertiary/aromatic N) is 7. The number of carbonyl (C=O) groups excluding carboxylic acids is 1. The lowest BCUT2D eigenvalue weighted by Gasteiger charge is -2.35. The molecule has 0 spiro atoms. The zero-order valence-electron chi connectivity index (χ0n) is 18.5. The van der Waals surface area contributed by atoms with E-state index in [1.807, 2.05) is 24.3 Å². The van der Waals surface area contributed by atoms with Gasteiger partial charge < -0.3 is 19.3 Å². The fourth-order valence-corrected chi connectivity index (χ4v) is 3.99. The zero-order valence-corrected chi connectivity index (χ0v) is 19.2. The van der Waals surface area contributed by atoms with Crippen LogP contribution in [0.25, 0.3) is 16.9 Å². The molecule has 1 fully saturated rings. The van der Waals surface area contributed by atoms with Gasteiger partial charge >= 0.3 is 0 Å². The molecular weight excluding hydrogens is 458 g/mol. The highest BCUT2D eigenvalue weighted by Gasteiger charge is 2.25. The number of carbonyl (C=O) groups is 1. The third-order valence-corrected chi connectivity index (χ3v) is 5.89. The second-order valence-corrected chi connectivity index (χ2v) is 8.09. The van der Waals surface area contributed by atoms with Crippen molar-refractivity contribution in [2.45, 2.75) is 0 Å². The predicted octanol–water partition coefficient (Wildman–Crippen LogP) is 2.60. The summed E-state index contributed by atoms with van der Waals surface area (Å²) in [5.41, 5.74) is 2.02. The second kappa shape index (κ2) is 9.52. The van der Waals surface area contributed by atoms with Gasteiger partial charge in [-0.25, -0.2) is 9.97 Å². The summed E-state index contributed by atoms with van der Waals surface area (Å²) >= 11 is 6.00. The van der Waals surface area contributed by atoms with Gasteiger partial charge in [0.1, 0.15) is 6.33 Å². The SMILES string of the molecule is COc1ccccc1OCC(=O)N1CCN(c2ncnc3c2nnn3-c2ccc(Cl)cc2)CC1. The molecule has 4 aromatic rings. The quantitative estimate of drug-likeness (QED) is 0.416. The molecule has 34 heavy (non-hydrogen) atoms. The van der Waals surface area contributed by atoms with E-state index in [0.29, 0.717) is 59.7 Å². The van der Waals surface area contributed by atoms with Crippen LogP contribution in [0.2, 0.25) is 5.02 Å². The van der Waals surface area contributed by atoms with Crippen molar-refractivity contribution in [3.05, 3.63) is 59.9 Å². The van der Waals surface area contributed by atoms with Crippen molar-refractivity contribution in [2.75, 3.05) is 44.8 Å². The molecular formula is C23H22ClN7O3. The first-order chi connectivity index (χ1) is 16.6. The van der Waals surface area contributed by atoms with Crippen molar-refractivity contribution in [2.24, 2.45) is 0 Å². The smallest absolute Gasteiger partial charge is 0.260 e. The van der Waals surface area contributed by atoms with Gasteiger partial charge in [0, 0.05) is 31.2 Å². The van der Waals surface area contributed by atoms with Gasteiger partial charge in [-0.15, -0.1) is 5.10 Å². The summed E-state index contributed by atoms with van der Waals surface area (Å²) in [4.78, 5) is 25.4. The first-order valence-corrected chi connectivity index (χ1v) is 11.1. The molecule has 174 valence electrons. The number of fused-ring (bicyclic) bond motifs is 1. The van der Waals surface area contributed by atoms with E-state index in [9.17, 15) is 4.79 Å². The molecule has 2 aromatic carbocycles. The molecule has 1 aliphatic rings. The van der Waals surface area contributed by atoms with E-state index in [-0.39, 0.29) is 12.5 Å². The van der Waals surface area contributed by atoms with Gasteiger partial charge in [0.2, 0.25) is 0 Å². The number of ether oxygens (including phenoxy) is 2. The first kappa shape index (κ1) is 21.9. The van der Waals surface area contributed by atoms with E-state index in [2.05, 4.69) is 25.2 Å². The maximum atomic E-state index is 12.7. The van der Waals surface area contributed by atoms with Crippen LogP contribution in [0.5, 0.6) is 11.5 Å². The minimum absolute atomic E-state index is 0.0481. The number of hydrogen-bond donors (Lipinski definition) is 0. The first-order valence-electron chi connectivity index (χ1n) is 10.7. The van der Waals surface area contributed by atoms with Crippen molar-refractivity contribution in [3.8, 4) is 17.2 Å². The Morgan fingerprint density at radius 1 is 1.00 bits per heavy atom. The maximum Gasteiger partial charge on any atom is 0.260 e. The lowest BCUT2D eigenvalue weighted by molar-refractivity contribution is -0.133. The van der Waals surface area contributed by atoms with E-state index in [0.717, 1.165) is 5.69 Å². The number of anilines is 1. The third kappa shape index (κ3) is 4.32. The minimum Gasteiger partial charge on any atom is -0.493 e. The fraction of sp³-hybridized carbons (Fsp3) is 0.261. The van der Waals surface area contributed by atoms with Crippen molar-refractivity contribution >= 4 is 34.5 Å². The summed E-state index contributed by atoms with van der Waals surface area (Å²) in [6, 6.07) is 14.6. The Kier molecular flexibility index (Phi) is 6.13. The highest BCUT2D eigenvalue weighted by atomic mass is 35.5. The Hall–Kier alpha value is -3.92. The van der Waals surface area contributed by atoms with Gasteiger partial charge in [-0.1, -0.05) is 28.9 Å². The summed E-state index contributed by atoms with van der Waals surface area (Å²) in [6.45, 7) is 2.27. The van der Waals surface area contributed by atoms with E-state index >= 15 is 0 Å². The number of aromatic nitrogens is 5. The maximum absolute atomic E-state index is 12.7. The third-order valence-electron chi connectivity index (χ3n) is 5.64. The number of rotatable bonds is 6. The van der Waals surface area contributed by atoms with E-state index in [4.69, 9.17) is 21.1 Å². The van der Waals surface area contributed by atoms with Crippen molar-refractivity contribution in [1.29, 1.82) is 0 Å². The average Bonchev–Trinajstić information content (AvgIpc) is 3.32. The highest BCUT2D eigenvalue weighted by molar-refractivity contribution is 6.30. The number of hydrogen-bond acceptors (Lipinski definition) is 8. The lowest BCUT2D eigenvalue weighted by Crippen LogP contribution is -2.50. The Labute approximate surface area is 200 Å². The molecule has 5 rings (SSSR count). The Bertz CT molecular complexity index is 1300. The lowest BCUT2D eigenvalue weighted by atomic mass is 10.3. The predicted molar refractivity (Wildman–Crippen MR) is 127 cm³/mol. The molecule has 2 aromatic heterocycles. The summed E-state index contributed by atoms with van der Waals surface area (Å²) in [7, 11) is 1.57. The summed E-state index contributed by atoms with van der Waals surface area (Å²) in [6.07, 6.45) is 1.51. The molecule has 0 bridgehead atoms. The summed E-state index contributed by atoms with van der Waals surface area (Å²) in [5, 5.41) is 9.23. The van der Waals surface area contributed by atoms with Crippen LogP contribution in [0, 0.1) is 0 Å². The second-order valence-electron chi connectivity index (χ2n) is 7.65. The topological polar surface area (TPSA) is 98.5 Å². The summed E-state index contributed by atoms with van der Waals surface area (Å²) < 4.78 is 12.6. The number of methoxy groups -OCH3 is 1. The monoisotopic (exact) mass is 479 g/mol. The van der Waals surface area contributed by atoms with Crippen LogP contribution in [-0.4, -0.2) is 75.7 Å². The van der Waals surface area contributed by atoms with Gasteiger partial charge in [0.25, 0.3) is 5.91 Å². The molecule has 3 heterocycles. The normalized spacial score (nSPS) is 13.8. The number of amides is 1. The Morgan fingerprint density at radius 2 is 1.74 bits per heavy atom. The van der Waals surface area contributed by atoms with Gasteiger partial charge in [0.05, 0.1) is 12.8 Å². The molecule has 1 saturated heterocycles. The van der Waals surface area contributed by atoms with Gasteiger partial charge in [0.15, 0.2) is 35.1 Å². The number of benzene rings is 2. The largest absolute Gasteiger partial charge is 0.493 e. The molecule has 0 aliphatic carbocycles. The van der Waals surface area contributed by atoms with Crippen molar-refractivity contribution < 1.29 is 14.3 Å². The molecule has 0 atom stereocenters. The fourth-order valence-electron chi connectivity index (χ4n) is 3.86. The highest BCUT2D eigenvalue weighted by Crippen LogP contribution is 2.26. The number of halogens is 1. The molecule has 0 unspecified atom stereocenters. The number of para-hydroxylation sites is 2. The van der Waals surface area contributed by atoms with Crippen LogP contribution >= 0.6 is 11.6 Å². The van der Waals surface area contributed by atoms with Gasteiger partial charge in [-0.2, -0.15) is 4.68 Å². The van der Waals surface area contributed by atoms with Crippen LogP contribution in [0.1, 0.15) is 0 Å². The van der Waals surface area contributed by atoms with Crippen LogP contribution < -0.4 is 14.4 Å². The molecule has 1 aliphatic heterocycles. The molecule has 0 radical (unpaired) electrons. The van der Waals surface area contributed by atoms with E-state index in [1.54, 1.807) is 41.0 Å².